The Hall–Kier alpha value is -1.17. The smallest absolute Gasteiger partial charge is 0.128 e. The normalized spacial score (nSPS) is 12.3. The highest BCUT2D eigenvalue weighted by Crippen LogP contribution is 2.27. The van der Waals surface area contributed by atoms with Gasteiger partial charge in [-0.1, -0.05) is 18.5 Å². The Bertz CT molecular complexity index is 574. The highest BCUT2D eigenvalue weighted by atomic mass is 79.9. The molecule has 1 unspecified atom stereocenters. The molecular weight excluding hydrogens is 340 g/mol. The molecule has 0 aliphatic rings. The number of hydrogen-bond acceptors (Lipinski definition) is 4. The summed E-state index contributed by atoms with van der Waals surface area (Å²) in [5.41, 5.74) is 7.72. The molecule has 2 rings (SSSR count). The Morgan fingerprint density at radius 1 is 1.35 bits per heavy atom. The largest absolute Gasteiger partial charge is 0.383 e. The number of hydrogen-bond donors (Lipinski definition) is 2. The lowest BCUT2D eigenvalue weighted by atomic mass is 10.0. The number of nitrogens with two attached hydrogens (primary N) is 1. The van der Waals surface area contributed by atoms with Crippen molar-refractivity contribution < 1.29 is 0 Å². The van der Waals surface area contributed by atoms with Crippen LogP contribution in [0, 0.1) is 0 Å². The van der Waals surface area contributed by atoms with E-state index in [4.69, 9.17) is 17.3 Å². The second-order valence-corrected chi connectivity index (χ2v) is 5.77. The maximum Gasteiger partial charge on any atom is 0.128 e. The first-order valence-corrected chi connectivity index (χ1v) is 7.54. The summed E-state index contributed by atoms with van der Waals surface area (Å²) in [6, 6.07) is 5.63. The van der Waals surface area contributed by atoms with Gasteiger partial charge in [0.05, 0.1) is 16.8 Å². The molecule has 2 aromatic rings. The second kappa shape index (κ2) is 7.02. The molecule has 0 saturated heterocycles. The van der Waals surface area contributed by atoms with Gasteiger partial charge in [-0.2, -0.15) is 0 Å². The minimum atomic E-state index is -0.116. The molecule has 0 radical (unpaired) electrons. The minimum absolute atomic E-state index is 0.116. The average molecular weight is 356 g/mol. The third-order valence-electron chi connectivity index (χ3n) is 2.87. The van der Waals surface area contributed by atoms with Crippen LogP contribution in [0.15, 0.2) is 35.1 Å². The summed E-state index contributed by atoms with van der Waals surface area (Å²) in [7, 11) is 0. The van der Waals surface area contributed by atoms with E-state index >= 15 is 0 Å². The van der Waals surface area contributed by atoms with Gasteiger partial charge in [0.15, 0.2) is 0 Å². The summed E-state index contributed by atoms with van der Waals surface area (Å²) >= 11 is 9.42. The first kappa shape index (κ1) is 15.2. The number of pyridine rings is 2. The van der Waals surface area contributed by atoms with Crippen molar-refractivity contribution in [2.45, 2.75) is 19.4 Å². The number of nitrogens with one attached hydrogen (secondary N) is 1. The van der Waals surface area contributed by atoms with Gasteiger partial charge in [-0.3, -0.25) is 4.98 Å². The summed E-state index contributed by atoms with van der Waals surface area (Å²) in [6.07, 6.45) is 4.33. The molecule has 0 fully saturated rings. The topological polar surface area (TPSA) is 63.8 Å². The Labute approximate surface area is 131 Å². The van der Waals surface area contributed by atoms with E-state index in [9.17, 15) is 0 Å². The van der Waals surface area contributed by atoms with Crippen molar-refractivity contribution in [3.05, 3.63) is 51.3 Å². The molecule has 0 aromatic carbocycles. The lowest BCUT2D eigenvalue weighted by Gasteiger charge is -2.20. The molecule has 0 aliphatic carbocycles. The summed E-state index contributed by atoms with van der Waals surface area (Å²) in [5.74, 6) is 0.465. The number of aromatic nitrogens is 2. The zero-order valence-electron chi connectivity index (χ0n) is 11.1. The number of nitrogens with zero attached hydrogens (tertiary/aromatic N) is 2. The summed E-state index contributed by atoms with van der Waals surface area (Å²) in [6.45, 7) is 2.97. The molecule has 0 amide bonds. The molecule has 4 nitrogen and oxygen atoms in total. The summed E-state index contributed by atoms with van der Waals surface area (Å²) < 4.78 is 0.938. The van der Waals surface area contributed by atoms with E-state index in [-0.39, 0.29) is 6.04 Å². The Balaban J connectivity index is 2.41. The molecular formula is C14H16BrClN4. The van der Waals surface area contributed by atoms with Crippen molar-refractivity contribution in [1.29, 1.82) is 0 Å². The van der Waals surface area contributed by atoms with Crippen LogP contribution in [0.2, 0.25) is 5.02 Å². The van der Waals surface area contributed by atoms with Crippen molar-refractivity contribution in [3.63, 3.8) is 0 Å². The van der Waals surface area contributed by atoms with Crippen LogP contribution in [0.1, 0.15) is 30.6 Å². The third-order valence-corrected chi connectivity index (χ3v) is 3.55. The molecule has 2 aromatic heterocycles. The van der Waals surface area contributed by atoms with Crippen LogP contribution in [-0.2, 0) is 0 Å². The minimum Gasteiger partial charge on any atom is -0.383 e. The highest BCUT2D eigenvalue weighted by Gasteiger charge is 2.18. The molecule has 20 heavy (non-hydrogen) atoms. The van der Waals surface area contributed by atoms with E-state index in [1.54, 1.807) is 12.4 Å². The van der Waals surface area contributed by atoms with Gasteiger partial charge in [-0.25, -0.2) is 4.98 Å². The molecule has 0 saturated carbocycles. The lowest BCUT2D eigenvalue weighted by molar-refractivity contribution is 0.586. The zero-order valence-corrected chi connectivity index (χ0v) is 13.4. The van der Waals surface area contributed by atoms with Crippen molar-refractivity contribution >= 4 is 33.3 Å². The van der Waals surface area contributed by atoms with E-state index < -0.39 is 0 Å². The van der Waals surface area contributed by atoms with E-state index in [0.29, 0.717) is 10.8 Å². The zero-order chi connectivity index (χ0) is 14.5. The predicted octanol–water partition coefficient (Wildman–Crippen LogP) is 3.56. The number of nitrogen functional groups attached to an aromatic ring is 1. The molecule has 0 spiro atoms. The highest BCUT2D eigenvalue weighted by molar-refractivity contribution is 9.10. The molecule has 0 bridgehead atoms. The SMILES string of the molecule is CCCNC(c1ccc(Br)cn1)c1cc(Cl)cnc1N. The van der Waals surface area contributed by atoms with Crippen LogP contribution in [0.5, 0.6) is 0 Å². The van der Waals surface area contributed by atoms with Crippen LogP contribution in [-0.4, -0.2) is 16.5 Å². The fourth-order valence-corrected chi connectivity index (χ4v) is 2.32. The van der Waals surface area contributed by atoms with Crippen molar-refractivity contribution in [2.75, 3.05) is 12.3 Å². The molecule has 3 N–H and O–H groups in total. The number of rotatable bonds is 5. The Kier molecular flexibility index (Phi) is 5.34. The fourth-order valence-electron chi connectivity index (χ4n) is 1.92. The maximum atomic E-state index is 6.03. The lowest BCUT2D eigenvalue weighted by Crippen LogP contribution is -2.25. The first-order chi connectivity index (χ1) is 9.61. The molecule has 0 aliphatic heterocycles. The monoisotopic (exact) mass is 354 g/mol. The maximum absolute atomic E-state index is 6.03. The van der Waals surface area contributed by atoms with Crippen LogP contribution in [0.3, 0.4) is 0 Å². The van der Waals surface area contributed by atoms with Gasteiger partial charge in [0.2, 0.25) is 0 Å². The molecule has 106 valence electrons. The molecule has 6 heteroatoms. The molecule has 1 atom stereocenters. The van der Waals surface area contributed by atoms with Crippen molar-refractivity contribution in [2.24, 2.45) is 0 Å². The number of halogens is 2. The van der Waals surface area contributed by atoms with Gasteiger partial charge in [0.1, 0.15) is 5.82 Å². The third kappa shape index (κ3) is 3.69. The van der Waals surface area contributed by atoms with Crippen LogP contribution >= 0.6 is 27.5 Å². The van der Waals surface area contributed by atoms with Crippen molar-refractivity contribution in [3.8, 4) is 0 Å². The first-order valence-electron chi connectivity index (χ1n) is 6.37. The Morgan fingerprint density at radius 2 is 2.15 bits per heavy atom. The van der Waals surface area contributed by atoms with Gasteiger partial charge < -0.3 is 11.1 Å². The standard InChI is InChI=1S/C14H16BrClN4/c1-2-5-18-13(12-4-3-9(15)7-19-12)11-6-10(16)8-20-14(11)17/h3-4,6-8,13,18H,2,5H2,1H3,(H2,17,20). The van der Waals surface area contributed by atoms with Gasteiger partial charge in [-0.05, 0) is 47.1 Å². The Morgan fingerprint density at radius 3 is 2.80 bits per heavy atom. The van der Waals surface area contributed by atoms with E-state index in [1.807, 2.05) is 18.2 Å². The predicted molar refractivity (Wildman–Crippen MR) is 85.7 cm³/mol. The van der Waals surface area contributed by atoms with Crippen LogP contribution in [0.4, 0.5) is 5.82 Å². The fraction of sp³-hybridized carbons (Fsp3) is 0.286. The van der Waals surface area contributed by atoms with Gasteiger partial charge >= 0.3 is 0 Å². The summed E-state index contributed by atoms with van der Waals surface area (Å²) in [4.78, 5) is 8.56. The van der Waals surface area contributed by atoms with Gasteiger partial charge in [0, 0.05) is 22.4 Å². The summed E-state index contributed by atoms with van der Waals surface area (Å²) in [5, 5.41) is 4.00. The van der Waals surface area contributed by atoms with Crippen molar-refractivity contribution in [1.82, 2.24) is 15.3 Å². The van der Waals surface area contributed by atoms with E-state index in [1.165, 1.54) is 0 Å². The van der Waals surface area contributed by atoms with Crippen LogP contribution in [0.25, 0.3) is 0 Å². The molecule has 2 heterocycles. The number of anilines is 1. The average Bonchev–Trinajstić information content (AvgIpc) is 2.44. The van der Waals surface area contributed by atoms with Crippen LogP contribution < -0.4 is 11.1 Å². The second-order valence-electron chi connectivity index (χ2n) is 4.42. The van der Waals surface area contributed by atoms with E-state index in [2.05, 4.69) is 38.1 Å². The van der Waals surface area contributed by atoms with E-state index in [0.717, 1.165) is 28.7 Å². The van der Waals surface area contributed by atoms with Gasteiger partial charge in [0.25, 0.3) is 0 Å². The van der Waals surface area contributed by atoms with Gasteiger partial charge in [-0.15, -0.1) is 0 Å². The quantitative estimate of drug-likeness (QED) is 0.860.